The second-order valence-electron chi connectivity index (χ2n) is 9.76. The molecule has 0 spiro atoms. The monoisotopic (exact) mass is 574 g/mol. The summed E-state index contributed by atoms with van der Waals surface area (Å²) in [7, 11) is 4.61. The Morgan fingerprint density at radius 2 is 1.50 bits per heavy atom. The molecule has 220 valence electrons. The van der Waals surface area contributed by atoms with Crippen LogP contribution in [-0.2, 0) is 20.8 Å². The van der Waals surface area contributed by atoms with Crippen molar-refractivity contribution in [2.75, 3.05) is 43.8 Å². The summed E-state index contributed by atoms with van der Waals surface area (Å²) in [4.78, 5) is 49.4. The topological polar surface area (TPSA) is 144 Å². The van der Waals surface area contributed by atoms with Gasteiger partial charge in [-0.05, 0) is 72.0 Å². The normalized spacial score (nSPS) is 13.4. The van der Waals surface area contributed by atoms with E-state index in [0.29, 0.717) is 52.6 Å². The number of anilines is 3. The SMILES string of the molecule is COc1cc2c(c(OC)c1OC)-c1ccc(NCC(=O)Nc3ccc(NC(C)=O)cc3)c(=O)cc1C(NC(C)=O)CC2. The summed E-state index contributed by atoms with van der Waals surface area (Å²) < 4.78 is 17.0. The lowest BCUT2D eigenvalue weighted by Gasteiger charge is -2.19. The molecule has 11 heteroatoms. The van der Waals surface area contributed by atoms with Crippen LogP contribution >= 0.6 is 0 Å². The van der Waals surface area contributed by atoms with E-state index in [1.54, 1.807) is 43.5 Å². The molecule has 11 nitrogen and oxygen atoms in total. The van der Waals surface area contributed by atoms with E-state index >= 15 is 0 Å². The highest BCUT2D eigenvalue weighted by Gasteiger charge is 2.29. The van der Waals surface area contributed by atoms with Crippen molar-refractivity contribution in [3.63, 3.8) is 0 Å². The first kappa shape index (κ1) is 29.9. The minimum Gasteiger partial charge on any atom is -0.493 e. The van der Waals surface area contributed by atoms with E-state index in [0.717, 1.165) is 11.1 Å². The van der Waals surface area contributed by atoms with Crippen molar-refractivity contribution >= 4 is 34.8 Å². The van der Waals surface area contributed by atoms with Crippen molar-refractivity contribution in [2.45, 2.75) is 32.7 Å². The van der Waals surface area contributed by atoms with Gasteiger partial charge in [0.25, 0.3) is 0 Å². The molecule has 0 saturated carbocycles. The molecule has 3 amide bonds. The molecular weight excluding hydrogens is 540 g/mol. The first-order valence-corrected chi connectivity index (χ1v) is 13.3. The van der Waals surface area contributed by atoms with Crippen LogP contribution in [0.3, 0.4) is 0 Å². The fourth-order valence-electron chi connectivity index (χ4n) is 5.07. The fourth-order valence-corrected chi connectivity index (χ4v) is 5.07. The van der Waals surface area contributed by atoms with Crippen molar-refractivity contribution in [1.82, 2.24) is 5.32 Å². The van der Waals surface area contributed by atoms with Crippen LogP contribution in [-0.4, -0.2) is 45.6 Å². The maximum atomic E-state index is 13.4. The Labute approximate surface area is 243 Å². The van der Waals surface area contributed by atoms with Crippen LogP contribution in [0.25, 0.3) is 11.1 Å². The number of aryl methyl sites for hydroxylation is 1. The molecule has 4 N–H and O–H groups in total. The van der Waals surface area contributed by atoms with Gasteiger partial charge in [-0.15, -0.1) is 0 Å². The minimum atomic E-state index is -0.441. The van der Waals surface area contributed by atoms with Gasteiger partial charge in [0.2, 0.25) is 28.9 Å². The average Bonchev–Trinajstić information content (AvgIpc) is 3.19. The second kappa shape index (κ2) is 13.1. The Bertz CT molecular complexity index is 1570. The summed E-state index contributed by atoms with van der Waals surface area (Å²) in [5.74, 6) is 0.593. The second-order valence-corrected chi connectivity index (χ2v) is 9.76. The van der Waals surface area contributed by atoms with Gasteiger partial charge >= 0.3 is 0 Å². The molecule has 0 aliphatic heterocycles. The number of amides is 3. The molecule has 1 aliphatic carbocycles. The van der Waals surface area contributed by atoms with E-state index in [9.17, 15) is 19.2 Å². The lowest BCUT2D eigenvalue weighted by atomic mass is 9.95. The Hall–Kier alpha value is -5.06. The molecule has 1 aliphatic rings. The van der Waals surface area contributed by atoms with Gasteiger partial charge < -0.3 is 35.5 Å². The van der Waals surface area contributed by atoms with Crippen LogP contribution in [0.1, 0.15) is 37.4 Å². The largest absolute Gasteiger partial charge is 0.493 e. The number of fused-ring (bicyclic) bond motifs is 3. The Morgan fingerprint density at radius 3 is 2.10 bits per heavy atom. The van der Waals surface area contributed by atoms with Crippen LogP contribution in [0.15, 0.2) is 53.3 Å². The summed E-state index contributed by atoms with van der Waals surface area (Å²) in [5.41, 5.74) is 3.97. The van der Waals surface area contributed by atoms with E-state index < -0.39 is 6.04 Å². The summed E-state index contributed by atoms with van der Waals surface area (Å²) in [5, 5.41) is 11.3. The zero-order valence-corrected chi connectivity index (χ0v) is 24.2. The number of nitrogens with one attached hydrogen (secondary N) is 4. The summed E-state index contributed by atoms with van der Waals surface area (Å²) in [6.45, 7) is 2.68. The Balaban J connectivity index is 1.68. The number of benzene rings is 2. The predicted molar refractivity (Wildman–Crippen MR) is 161 cm³/mol. The summed E-state index contributed by atoms with van der Waals surface area (Å²) in [6.07, 6.45) is 1.12. The quantitative estimate of drug-likeness (QED) is 0.302. The van der Waals surface area contributed by atoms with Crippen LogP contribution < -0.4 is 40.9 Å². The van der Waals surface area contributed by atoms with Crippen molar-refractivity contribution in [3.8, 4) is 28.4 Å². The highest BCUT2D eigenvalue weighted by Crippen LogP contribution is 2.50. The first-order valence-electron chi connectivity index (χ1n) is 13.3. The molecule has 42 heavy (non-hydrogen) atoms. The third kappa shape index (κ3) is 6.63. The van der Waals surface area contributed by atoms with Crippen molar-refractivity contribution in [3.05, 3.63) is 69.9 Å². The number of carbonyl (C=O) groups excluding carboxylic acids is 3. The summed E-state index contributed by atoms with van der Waals surface area (Å²) >= 11 is 0. The third-order valence-electron chi connectivity index (χ3n) is 6.84. The molecule has 0 saturated heterocycles. The van der Waals surface area contributed by atoms with Crippen LogP contribution in [0.5, 0.6) is 17.2 Å². The molecule has 1 unspecified atom stereocenters. The van der Waals surface area contributed by atoms with Gasteiger partial charge in [0.15, 0.2) is 11.5 Å². The predicted octanol–water partition coefficient (Wildman–Crippen LogP) is 3.87. The van der Waals surface area contributed by atoms with Crippen LogP contribution in [0, 0.1) is 0 Å². The third-order valence-corrected chi connectivity index (χ3v) is 6.84. The Morgan fingerprint density at radius 1 is 0.833 bits per heavy atom. The van der Waals surface area contributed by atoms with Crippen molar-refractivity contribution in [1.29, 1.82) is 0 Å². The molecule has 3 aromatic rings. The van der Waals surface area contributed by atoms with Crippen LogP contribution in [0.4, 0.5) is 17.1 Å². The molecule has 3 aromatic carbocycles. The van der Waals surface area contributed by atoms with Crippen LogP contribution in [0.2, 0.25) is 0 Å². The Kier molecular flexibility index (Phi) is 9.31. The number of rotatable bonds is 9. The van der Waals surface area contributed by atoms with Gasteiger partial charge in [-0.2, -0.15) is 0 Å². The van der Waals surface area contributed by atoms with Gasteiger partial charge in [0.05, 0.1) is 39.6 Å². The van der Waals surface area contributed by atoms with E-state index in [1.807, 2.05) is 6.07 Å². The molecule has 0 bridgehead atoms. The number of methoxy groups -OCH3 is 3. The summed E-state index contributed by atoms with van der Waals surface area (Å²) in [6, 6.07) is 13.0. The fraction of sp³-hybridized carbons (Fsp3) is 0.290. The highest BCUT2D eigenvalue weighted by molar-refractivity contribution is 5.94. The molecular formula is C31H34N4O7. The molecule has 0 heterocycles. The number of ether oxygens (including phenoxy) is 3. The molecule has 1 atom stereocenters. The van der Waals surface area contributed by atoms with E-state index in [1.165, 1.54) is 34.1 Å². The van der Waals surface area contributed by atoms with Gasteiger partial charge in [-0.25, -0.2) is 0 Å². The van der Waals surface area contributed by atoms with Gasteiger partial charge in [0, 0.05) is 30.8 Å². The van der Waals surface area contributed by atoms with Crippen molar-refractivity contribution < 1.29 is 28.6 Å². The lowest BCUT2D eigenvalue weighted by Crippen LogP contribution is -2.27. The van der Waals surface area contributed by atoms with E-state index in [2.05, 4.69) is 21.3 Å². The first-order chi connectivity index (χ1) is 20.1. The maximum Gasteiger partial charge on any atom is 0.243 e. The number of carbonyl (C=O) groups is 3. The zero-order valence-electron chi connectivity index (χ0n) is 24.2. The smallest absolute Gasteiger partial charge is 0.243 e. The molecule has 0 aromatic heterocycles. The van der Waals surface area contributed by atoms with Gasteiger partial charge in [-0.3, -0.25) is 19.2 Å². The zero-order chi connectivity index (χ0) is 30.4. The molecule has 0 fully saturated rings. The standard InChI is InChI=1S/C31H34N4O7/c1-17(36)33-20-7-9-21(10-8-20)35-28(39)16-32-25-13-11-22-23(15-26(25)38)24(34-18(2)37)12-6-19-14-27(40-3)30(41-4)31(42-5)29(19)22/h7-11,13-15,24H,6,12,16H2,1-5H3,(H,32,38)(H,33,36)(H,34,37)(H,35,39). The van der Waals surface area contributed by atoms with Crippen molar-refractivity contribution in [2.24, 2.45) is 0 Å². The van der Waals surface area contributed by atoms with E-state index in [-0.39, 0.29) is 35.4 Å². The highest BCUT2D eigenvalue weighted by atomic mass is 16.5. The van der Waals surface area contributed by atoms with Gasteiger partial charge in [-0.1, -0.05) is 6.07 Å². The lowest BCUT2D eigenvalue weighted by molar-refractivity contribution is -0.120. The number of hydrogen-bond donors (Lipinski definition) is 4. The molecule has 0 radical (unpaired) electrons. The molecule has 4 rings (SSSR count). The average molecular weight is 575 g/mol. The maximum absolute atomic E-state index is 13.4. The number of hydrogen-bond acceptors (Lipinski definition) is 8. The van der Waals surface area contributed by atoms with Gasteiger partial charge in [0.1, 0.15) is 0 Å². The van der Waals surface area contributed by atoms with E-state index in [4.69, 9.17) is 14.2 Å². The minimum absolute atomic E-state index is 0.169.